The molecule has 1 rings (SSSR count). The highest BCUT2D eigenvalue weighted by Crippen LogP contribution is 2.44. The van der Waals surface area contributed by atoms with Gasteiger partial charge in [-0.25, -0.2) is 0 Å². The zero-order valence-corrected chi connectivity index (χ0v) is 9.91. The van der Waals surface area contributed by atoms with Crippen molar-refractivity contribution >= 4 is 5.97 Å². The molecule has 1 fully saturated rings. The van der Waals surface area contributed by atoms with Crippen LogP contribution in [0, 0.1) is 28.6 Å². The van der Waals surface area contributed by atoms with Crippen molar-refractivity contribution in [3.63, 3.8) is 0 Å². The van der Waals surface area contributed by atoms with E-state index in [0.29, 0.717) is 12.3 Å². The molecule has 15 heavy (non-hydrogen) atoms. The fraction of sp³-hybridized carbons (Fsp3) is 0.833. The predicted octanol–water partition coefficient (Wildman–Crippen LogP) is 2.51. The average molecular weight is 209 g/mol. The maximum absolute atomic E-state index is 11.8. The second-order valence-electron chi connectivity index (χ2n) is 4.70. The number of hydrogen-bond donors (Lipinski definition) is 0. The average Bonchev–Trinajstić information content (AvgIpc) is 2.42. The smallest absolute Gasteiger partial charge is 0.327 e. The summed E-state index contributed by atoms with van der Waals surface area (Å²) in [6.07, 6.45) is 1.46. The first-order valence-electron chi connectivity index (χ1n) is 5.60. The maximum atomic E-state index is 11.8. The molecule has 0 aromatic heterocycles. The van der Waals surface area contributed by atoms with Crippen LogP contribution < -0.4 is 0 Å². The van der Waals surface area contributed by atoms with Crippen LogP contribution in [-0.2, 0) is 9.53 Å². The van der Waals surface area contributed by atoms with Gasteiger partial charge in [0.25, 0.3) is 0 Å². The first-order valence-corrected chi connectivity index (χ1v) is 5.60. The van der Waals surface area contributed by atoms with E-state index in [-0.39, 0.29) is 18.0 Å². The maximum Gasteiger partial charge on any atom is 0.327 e. The molecule has 3 nitrogen and oxygen atoms in total. The van der Waals surface area contributed by atoms with E-state index in [2.05, 4.69) is 19.9 Å². The Labute approximate surface area is 91.4 Å². The molecule has 0 aromatic carbocycles. The quantitative estimate of drug-likeness (QED) is 0.671. The number of nitriles is 1. The van der Waals surface area contributed by atoms with Crippen molar-refractivity contribution in [2.45, 2.75) is 46.6 Å². The molecule has 4 unspecified atom stereocenters. The molecular formula is C12H19NO2. The second-order valence-corrected chi connectivity index (χ2v) is 4.70. The van der Waals surface area contributed by atoms with E-state index in [1.165, 1.54) is 0 Å². The number of carbonyl (C=O) groups excluding carboxylic acids is 1. The van der Waals surface area contributed by atoms with Crippen LogP contribution in [0.3, 0.4) is 0 Å². The molecule has 1 aliphatic rings. The van der Waals surface area contributed by atoms with Gasteiger partial charge in [-0.2, -0.15) is 5.26 Å². The standard InChI is InChI=1S/C12H19NO2/c1-5-8(2)6-12(7-13)9(3)10(4)15-11(12)14/h8-10H,5-6H2,1-4H3. The molecule has 1 heterocycles. The minimum atomic E-state index is -0.908. The third kappa shape index (κ3) is 1.86. The van der Waals surface area contributed by atoms with E-state index in [0.717, 1.165) is 6.42 Å². The number of hydrogen-bond acceptors (Lipinski definition) is 3. The lowest BCUT2D eigenvalue weighted by atomic mass is 9.71. The monoisotopic (exact) mass is 209 g/mol. The van der Waals surface area contributed by atoms with Gasteiger partial charge < -0.3 is 4.74 Å². The van der Waals surface area contributed by atoms with Crippen LogP contribution in [0.15, 0.2) is 0 Å². The summed E-state index contributed by atoms with van der Waals surface area (Å²) >= 11 is 0. The van der Waals surface area contributed by atoms with Gasteiger partial charge in [-0.1, -0.05) is 27.2 Å². The molecule has 0 bridgehead atoms. The number of carbonyl (C=O) groups is 1. The van der Waals surface area contributed by atoms with E-state index in [1.54, 1.807) is 0 Å². The van der Waals surface area contributed by atoms with Gasteiger partial charge in [0.1, 0.15) is 6.10 Å². The summed E-state index contributed by atoms with van der Waals surface area (Å²) in [5.41, 5.74) is -0.908. The van der Waals surface area contributed by atoms with Crippen LogP contribution >= 0.6 is 0 Å². The Kier molecular flexibility index (Phi) is 3.38. The van der Waals surface area contributed by atoms with E-state index in [9.17, 15) is 10.1 Å². The van der Waals surface area contributed by atoms with Crippen LogP contribution in [0.1, 0.15) is 40.5 Å². The van der Waals surface area contributed by atoms with Gasteiger partial charge in [0.2, 0.25) is 0 Å². The summed E-state index contributed by atoms with van der Waals surface area (Å²) in [5, 5.41) is 9.27. The molecule has 84 valence electrons. The Morgan fingerprint density at radius 1 is 1.60 bits per heavy atom. The lowest BCUT2D eigenvalue weighted by Crippen LogP contribution is -2.33. The second kappa shape index (κ2) is 4.22. The number of cyclic esters (lactones) is 1. The molecule has 0 aromatic rings. The number of esters is 1. The Balaban J connectivity index is 2.94. The summed E-state index contributed by atoms with van der Waals surface area (Å²) in [4.78, 5) is 11.8. The predicted molar refractivity (Wildman–Crippen MR) is 56.8 cm³/mol. The minimum Gasteiger partial charge on any atom is -0.461 e. The minimum absolute atomic E-state index is 0.0102. The molecule has 3 heteroatoms. The largest absolute Gasteiger partial charge is 0.461 e. The highest BCUT2D eigenvalue weighted by Gasteiger charge is 2.54. The van der Waals surface area contributed by atoms with Crippen molar-refractivity contribution in [2.24, 2.45) is 17.3 Å². The van der Waals surface area contributed by atoms with Crippen LogP contribution in [0.2, 0.25) is 0 Å². The molecule has 0 N–H and O–H groups in total. The Bertz CT molecular complexity index is 294. The highest BCUT2D eigenvalue weighted by atomic mass is 16.6. The molecule has 0 saturated carbocycles. The summed E-state index contributed by atoms with van der Waals surface area (Å²) in [5.74, 6) is 0.0410. The number of ether oxygens (including phenoxy) is 1. The van der Waals surface area contributed by atoms with Crippen molar-refractivity contribution in [3.05, 3.63) is 0 Å². The fourth-order valence-electron chi connectivity index (χ4n) is 2.12. The van der Waals surface area contributed by atoms with Gasteiger partial charge in [0.05, 0.1) is 6.07 Å². The summed E-state index contributed by atoms with van der Waals surface area (Å²) in [6.45, 7) is 7.94. The third-order valence-electron chi connectivity index (χ3n) is 3.71. The Morgan fingerprint density at radius 3 is 2.53 bits per heavy atom. The molecule has 4 atom stereocenters. The van der Waals surface area contributed by atoms with Gasteiger partial charge in [-0.15, -0.1) is 0 Å². The highest BCUT2D eigenvalue weighted by molar-refractivity contribution is 5.82. The van der Waals surface area contributed by atoms with Gasteiger partial charge >= 0.3 is 5.97 Å². The van der Waals surface area contributed by atoms with Crippen molar-refractivity contribution in [3.8, 4) is 6.07 Å². The van der Waals surface area contributed by atoms with E-state index in [1.807, 2.05) is 13.8 Å². The molecule has 0 radical (unpaired) electrons. The molecule has 0 aliphatic carbocycles. The third-order valence-corrected chi connectivity index (χ3v) is 3.71. The Hall–Kier alpha value is -1.04. The molecule has 1 saturated heterocycles. The van der Waals surface area contributed by atoms with Crippen molar-refractivity contribution in [2.75, 3.05) is 0 Å². The van der Waals surface area contributed by atoms with Crippen molar-refractivity contribution in [1.82, 2.24) is 0 Å². The first-order chi connectivity index (χ1) is 6.97. The van der Waals surface area contributed by atoms with Crippen LogP contribution in [0.5, 0.6) is 0 Å². The Morgan fingerprint density at radius 2 is 2.20 bits per heavy atom. The fourth-order valence-corrected chi connectivity index (χ4v) is 2.12. The SMILES string of the molecule is CCC(C)CC1(C#N)C(=O)OC(C)C1C. The van der Waals surface area contributed by atoms with Crippen molar-refractivity contribution < 1.29 is 9.53 Å². The molecular weight excluding hydrogens is 190 g/mol. The lowest BCUT2D eigenvalue weighted by molar-refractivity contribution is -0.146. The van der Waals surface area contributed by atoms with Gasteiger partial charge in [0.15, 0.2) is 5.41 Å². The number of nitrogens with zero attached hydrogens (tertiary/aromatic N) is 1. The lowest BCUT2D eigenvalue weighted by Gasteiger charge is -2.24. The summed E-state index contributed by atoms with van der Waals surface area (Å²) < 4.78 is 5.16. The van der Waals surface area contributed by atoms with E-state index in [4.69, 9.17) is 4.74 Å². The van der Waals surface area contributed by atoms with E-state index < -0.39 is 5.41 Å². The van der Waals surface area contributed by atoms with Gasteiger partial charge in [-0.05, 0) is 19.3 Å². The first kappa shape index (κ1) is 12.0. The zero-order chi connectivity index (χ0) is 11.6. The van der Waals surface area contributed by atoms with Crippen LogP contribution in [-0.4, -0.2) is 12.1 Å². The normalized spacial score (nSPS) is 37.1. The van der Waals surface area contributed by atoms with Crippen molar-refractivity contribution in [1.29, 1.82) is 5.26 Å². The van der Waals surface area contributed by atoms with Gasteiger partial charge in [0, 0.05) is 5.92 Å². The van der Waals surface area contributed by atoms with Crippen LogP contribution in [0.4, 0.5) is 0 Å². The summed E-state index contributed by atoms with van der Waals surface area (Å²) in [6, 6.07) is 2.20. The molecule has 1 aliphatic heterocycles. The topological polar surface area (TPSA) is 50.1 Å². The van der Waals surface area contributed by atoms with E-state index >= 15 is 0 Å². The zero-order valence-electron chi connectivity index (χ0n) is 9.91. The molecule has 0 amide bonds. The molecule has 0 spiro atoms. The van der Waals surface area contributed by atoms with Gasteiger partial charge in [-0.3, -0.25) is 4.79 Å². The van der Waals surface area contributed by atoms with Crippen LogP contribution in [0.25, 0.3) is 0 Å². The summed E-state index contributed by atoms with van der Waals surface area (Å²) in [7, 11) is 0. The number of rotatable bonds is 3.